The van der Waals surface area contributed by atoms with Crippen LogP contribution in [0.4, 0.5) is 0 Å². The molecule has 0 aliphatic carbocycles. The smallest absolute Gasteiger partial charge is 0.222 e. The number of benzene rings is 1. The van der Waals surface area contributed by atoms with Crippen LogP contribution in [0.3, 0.4) is 0 Å². The molecular weight excluding hydrogens is 276 g/mol. The molecule has 0 saturated carbocycles. The van der Waals surface area contributed by atoms with Crippen molar-refractivity contribution in [2.45, 2.75) is 19.8 Å². The average molecular weight is 296 g/mol. The lowest BCUT2D eigenvalue weighted by Gasteiger charge is -2.26. The summed E-state index contributed by atoms with van der Waals surface area (Å²) < 4.78 is 1.70. The Bertz CT molecular complexity index is 700. The van der Waals surface area contributed by atoms with Crippen molar-refractivity contribution >= 4 is 11.5 Å². The molecule has 0 unspecified atom stereocenters. The van der Waals surface area contributed by atoms with Crippen LogP contribution >= 0.6 is 0 Å². The molecule has 2 aromatic rings. The van der Waals surface area contributed by atoms with E-state index in [0.717, 1.165) is 24.4 Å². The van der Waals surface area contributed by atoms with Crippen LogP contribution in [0.1, 0.15) is 25.3 Å². The maximum Gasteiger partial charge on any atom is 0.222 e. The minimum absolute atomic E-state index is 0.229. The summed E-state index contributed by atoms with van der Waals surface area (Å²) in [5.74, 6) is 0.971. The van der Waals surface area contributed by atoms with Gasteiger partial charge in [0, 0.05) is 32.1 Å². The largest absolute Gasteiger partial charge is 0.339 e. The van der Waals surface area contributed by atoms with Crippen LogP contribution in [0.2, 0.25) is 0 Å². The van der Waals surface area contributed by atoms with Crippen LogP contribution in [-0.2, 0) is 11.8 Å². The van der Waals surface area contributed by atoms with E-state index in [9.17, 15) is 4.79 Å². The van der Waals surface area contributed by atoms with Gasteiger partial charge in [0.2, 0.25) is 5.91 Å². The van der Waals surface area contributed by atoms with Crippen molar-refractivity contribution < 1.29 is 4.79 Å². The molecule has 0 spiro atoms. The van der Waals surface area contributed by atoms with Gasteiger partial charge < -0.3 is 4.90 Å². The molecule has 114 valence electrons. The molecule has 5 nitrogen and oxygen atoms in total. The average Bonchev–Trinajstić information content (AvgIpc) is 3.01. The minimum atomic E-state index is 0.229. The molecule has 3 rings (SSSR count). The van der Waals surface area contributed by atoms with Gasteiger partial charge in [-0.05, 0) is 17.6 Å². The summed E-state index contributed by atoms with van der Waals surface area (Å²) in [4.78, 5) is 17.9. The second-order valence-electron chi connectivity index (χ2n) is 5.49. The molecule has 2 heterocycles. The summed E-state index contributed by atoms with van der Waals surface area (Å²) in [6.45, 7) is 3.43. The third-order valence-corrected chi connectivity index (χ3v) is 3.98. The number of rotatable bonds is 3. The van der Waals surface area contributed by atoms with E-state index in [1.807, 2.05) is 18.9 Å². The van der Waals surface area contributed by atoms with Crippen LogP contribution in [0.25, 0.3) is 17.0 Å². The fourth-order valence-electron chi connectivity index (χ4n) is 2.69. The van der Waals surface area contributed by atoms with Crippen molar-refractivity contribution in [1.29, 1.82) is 0 Å². The van der Waals surface area contributed by atoms with Crippen molar-refractivity contribution in [2.24, 2.45) is 7.05 Å². The van der Waals surface area contributed by atoms with Gasteiger partial charge in [-0.3, -0.25) is 9.48 Å². The SMILES string of the molecule is CCC(=O)N1CC=C(c2ccc(-c3ncn(C)n3)cc2)CC1. The number of hydrogen-bond acceptors (Lipinski definition) is 3. The molecule has 5 heteroatoms. The summed E-state index contributed by atoms with van der Waals surface area (Å²) in [7, 11) is 1.86. The molecule has 1 aromatic carbocycles. The van der Waals surface area contributed by atoms with Gasteiger partial charge in [0.15, 0.2) is 5.82 Å². The van der Waals surface area contributed by atoms with E-state index in [2.05, 4.69) is 40.4 Å². The molecule has 0 saturated heterocycles. The first kappa shape index (κ1) is 14.5. The van der Waals surface area contributed by atoms with Gasteiger partial charge in [0.25, 0.3) is 0 Å². The normalized spacial score (nSPS) is 14.8. The predicted octanol–water partition coefficient (Wildman–Crippen LogP) is 2.51. The van der Waals surface area contributed by atoms with Crippen LogP contribution in [0.5, 0.6) is 0 Å². The van der Waals surface area contributed by atoms with Crippen LogP contribution in [0, 0.1) is 0 Å². The van der Waals surface area contributed by atoms with Crippen LogP contribution in [-0.4, -0.2) is 38.7 Å². The number of carbonyl (C=O) groups excluding carboxylic acids is 1. The molecule has 1 aliphatic heterocycles. The van der Waals surface area contributed by atoms with Crippen molar-refractivity contribution in [1.82, 2.24) is 19.7 Å². The number of hydrogen-bond donors (Lipinski definition) is 0. The van der Waals surface area contributed by atoms with E-state index < -0.39 is 0 Å². The summed E-state index contributed by atoms with van der Waals surface area (Å²) in [6, 6.07) is 8.31. The van der Waals surface area contributed by atoms with E-state index in [-0.39, 0.29) is 5.91 Å². The Morgan fingerprint density at radius 3 is 2.50 bits per heavy atom. The van der Waals surface area contributed by atoms with E-state index >= 15 is 0 Å². The quantitative estimate of drug-likeness (QED) is 0.874. The van der Waals surface area contributed by atoms with Crippen LogP contribution < -0.4 is 0 Å². The predicted molar refractivity (Wildman–Crippen MR) is 85.9 cm³/mol. The second kappa shape index (κ2) is 6.13. The van der Waals surface area contributed by atoms with E-state index in [0.29, 0.717) is 13.0 Å². The number of carbonyl (C=O) groups is 1. The second-order valence-corrected chi connectivity index (χ2v) is 5.49. The third kappa shape index (κ3) is 2.93. The van der Waals surface area contributed by atoms with Crippen molar-refractivity contribution in [3.63, 3.8) is 0 Å². The lowest BCUT2D eigenvalue weighted by molar-refractivity contribution is -0.130. The maximum absolute atomic E-state index is 11.7. The molecule has 0 N–H and O–H groups in total. The number of aryl methyl sites for hydroxylation is 1. The van der Waals surface area contributed by atoms with E-state index in [1.165, 1.54) is 11.1 Å². The van der Waals surface area contributed by atoms with E-state index in [1.54, 1.807) is 11.0 Å². The molecule has 1 aliphatic rings. The fraction of sp³-hybridized carbons (Fsp3) is 0.353. The summed E-state index contributed by atoms with van der Waals surface area (Å²) in [6.07, 6.45) is 5.35. The van der Waals surface area contributed by atoms with Crippen LogP contribution in [0.15, 0.2) is 36.7 Å². The van der Waals surface area contributed by atoms with Gasteiger partial charge in [0.05, 0.1) is 0 Å². The zero-order valence-electron chi connectivity index (χ0n) is 13.0. The first-order valence-corrected chi connectivity index (χ1v) is 7.60. The van der Waals surface area contributed by atoms with Gasteiger partial charge >= 0.3 is 0 Å². The lowest BCUT2D eigenvalue weighted by atomic mass is 9.98. The third-order valence-electron chi connectivity index (χ3n) is 3.98. The summed E-state index contributed by atoms with van der Waals surface area (Å²) in [5, 5.41) is 4.31. The fourth-order valence-corrected chi connectivity index (χ4v) is 2.69. The minimum Gasteiger partial charge on any atom is -0.339 e. The zero-order valence-corrected chi connectivity index (χ0v) is 13.0. The standard InChI is InChI=1S/C17H20N4O/c1-3-16(22)21-10-8-14(9-11-21)13-4-6-15(7-5-13)17-18-12-20(2)19-17/h4-8,12H,3,9-11H2,1-2H3. The monoisotopic (exact) mass is 296 g/mol. The van der Waals surface area contributed by atoms with Gasteiger partial charge in [-0.2, -0.15) is 5.10 Å². The Hall–Kier alpha value is -2.43. The first-order chi connectivity index (χ1) is 10.7. The summed E-state index contributed by atoms with van der Waals surface area (Å²) >= 11 is 0. The Labute approximate surface area is 130 Å². The highest BCUT2D eigenvalue weighted by Gasteiger charge is 2.16. The van der Waals surface area contributed by atoms with Gasteiger partial charge in [0.1, 0.15) is 6.33 Å². The molecule has 0 atom stereocenters. The summed E-state index contributed by atoms with van der Waals surface area (Å²) in [5.41, 5.74) is 3.53. The van der Waals surface area contributed by atoms with Gasteiger partial charge in [-0.1, -0.05) is 37.3 Å². The zero-order chi connectivity index (χ0) is 15.5. The Morgan fingerprint density at radius 2 is 1.95 bits per heavy atom. The Balaban J connectivity index is 1.74. The highest BCUT2D eigenvalue weighted by molar-refractivity contribution is 5.78. The van der Waals surface area contributed by atoms with Gasteiger partial charge in [-0.15, -0.1) is 0 Å². The van der Waals surface area contributed by atoms with Crippen molar-refractivity contribution in [3.05, 3.63) is 42.2 Å². The highest BCUT2D eigenvalue weighted by atomic mass is 16.2. The number of aromatic nitrogens is 3. The highest BCUT2D eigenvalue weighted by Crippen LogP contribution is 2.24. The molecule has 0 fully saturated rings. The molecule has 0 bridgehead atoms. The molecule has 22 heavy (non-hydrogen) atoms. The molecule has 1 amide bonds. The van der Waals surface area contributed by atoms with Crippen molar-refractivity contribution in [2.75, 3.05) is 13.1 Å². The molecule has 0 radical (unpaired) electrons. The van der Waals surface area contributed by atoms with Crippen molar-refractivity contribution in [3.8, 4) is 11.4 Å². The Kier molecular flexibility index (Phi) is 4.04. The number of amides is 1. The lowest BCUT2D eigenvalue weighted by Crippen LogP contribution is -2.34. The van der Waals surface area contributed by atoms with E-state index in [4.69, 9.17) is 0 Å². The molecule has 1 aromatic heterocycles. The maximum atomic E-state index is 11.7. The Morgan fingerprint density at radius 1 is 1.23 bits per heavy atom. The number of nitrogens with zero attached hydrogens (tertiary/aromatic N) is 4. The molecular formula is C17H20N4O. The topological polar surface area (TPSA) is 51.0 Å². The van der Waals surface area contributed by atoms with Gasteiger partial charge in [-0.25, -0.2) is 4.98 Å². The first-order valence-electron chi connectivity index (χ1n) is 7.60.